The molecular weight excluding hydrogens is 432 g/mol. The van der Waals surface area contributed by atoms with Crippen LogP contribution in [-0.4, -0.2) is 44.7 Å². The fourth-order valence-electron chi connectivity index (χ4n) is 3.42. The van der Waals surface area contributed by atoms with Gasteiger partial charge >= 0.3 is 5.69 Å². The Kier molecular flexibility index (Phi) is 5.62. The minimum Gasteiger partial charge on any atom is -0.497 e. The summed E-state index contributed by atoms with van der Waals surface area (Å²) in [5, 5.41) is 2.14. The second kappa shape index (κ2) is 8.39. The zero-order chi connectivity index (χ0) is 23.0. The van der Waals surface area contributed by atoms with Gasteiger partial charge in [-0.25, -0.2) is 4.79 Å². The molecule has 0 spiro atoms. The Hall–Kier alpha value is -3.79. The number of thioether (sulfide) groups is 1. The summed E-state index contributed by atoms with van der Waals surface area (Å²) in [5.74, 6) is -0.376. The zero-order valence-corrected chi connectivity index (χ0v) is 18.4. The van der Waals surface area contributed by atoms with E-state index in [4.69, 9.17) is 4.74 Å². The van der Waals surface area contributed by atoms with Crippen molar-refractivity contribution in [2.24, 2.45) is 14.1 Å². The van der Waals surface area contributed by atoms with Crippen LogP contribution in [-0.2, 0) is 23.7 Å². The predicted octanol–water partition coefficient (Wildman–Crippen LogP) is 2.56. The van der Waals surface area contributed by atoms with Gasteiger partial charge in [0.25, 0.3) is 11.1 Å². The van der Waals surface area contributed by atoms with Crippen LogP contribution < -0.4 is 15.7 Å². The fraction of sp³-hybridized carbons (Fsp3) is 0.182. The number of methoxy groups -OCH3 is 1. The van der Waals surface area contributed by atoms with Crippen molar-refractivity contribution >= 4 is 51.6 Å². The van der Waals surface area contributed by atoms with Gasteiger partial charge in [-0.15, -0.1) is 0 Å². The van der Waals surface area contributed by atoms with E-state index < -0.39 is 17.1 Å². The smallest absolute Gasteiger partial charge is 0.328 e. The maximum absolute atomic E-state index is 12.7. The average molecular weight is 452 g/mol. The topological polar surface area (TPSA) is 103 Å². The second-order valence-corrected chi connectivity index (χ2v) is 8.19. The number of benzene rings is 2. The molecule has 4 rings (SSSR count). The van der Waals surface area contributed by atoms with Gasteiger partial charge in [0.15, 0.2) is 0 Å². The quantitative estimate of drug-likeness (QED) is 0.597. The fourth-order valence-corrected chi connectivity index (χ4v) is 4.26. The van der Waals surface area contributed by atoms with E-state index in [1.165, 1.54) is 9.13 Å². The number of ether oxygens (including phenoxy) is 1. The van der Waals surface area contributed by atoms with Crippen LogP contribution in [0.1, 0.15) is 5.56 Å². The van der Waals surface area contributed by atoms with E-state index in [0.717, 1.165) is 22.2 Å². The summed E-state index contributed by atoms with van der Waals surface area (Å²) in [5.41, 5.74) is 2.52. The lowest BCUT2D eigenvalue weighted by Crippen LogP contribution is -2.36. The third kappa shape index (κ3) is 3.92. The number of hydrogen-bond acceptors (Lipinski definition) is 6. The van der Waals surface area contributed by atoms with Crippen LogP contribution in [0.5, 0.6) is 5.75 Å². The first-order valence-electron chi connectivity index (χ1n) is 9.63. The molecule has 164 valence electrons. The molecule has 32 heavy (non-hydrogen) atoms. The van der Waals surface area contributed by atoms with E-state index in [1.54, 1.807) is 69.7 Å². The number of aryl methyl sites for hydroxylation is 2. The predicted molar refractivity (Wildman–Crippen MR) is 122 cm³/mol. The van der Waals surface area contributed by atoms with Crippen molar-refractivity contribution < 1.29 is 19.1 Å². The first-order valence-corrected chi connectivity index (χ1v) is 10.4. The molecular formula is C22H20N4O5S. The number of nitrogens with zero attached hydrogens (tertiary/aromatic N) is 3. The zero-order valence-electron chi connectivity index (χ0n) is 17.6. The molecule has 1 fully saturated rings. The molecule has 0 radical (unpaired) electrons. The van der Waals surface area contributed by atoms with Gasteiger partial charge in [-0.1, -0.05) is 6.07 Å². The van der Waals surface area contributed by atoms with Crippen LogP contribution in [0, 0.1) is 0 Å². The number of carbonyl (C=O) groups excluding carboxylic acids is 3. The summed E-state index contributed by atoms with van der Waals surface area (Å²) in [6.07, 6.45) is 1.59. The van der Waals surface area contributed by atoms with Gasteiger partial charge in [0.2, 0.25) is 5.91 Å². The van der Waals surface area contributed by atoms with Crippen molar-refractivity contribution in [1.82, 2.24) is 14.0 Å². The van der Waals surface area contributed by atoms with Crippen LogP contribution in [0.25, 0.3) is 17.1 Å². The molecule has 3 amide bonds. The van der Waals surface area contributed by atoms with Crippen LogP contribution in [0.4, 0.5) is 10.5 Å². The largest absolute Gasteiger partial charge is 0.497 e. The third-order valence-electron chi connectivity index (χ3n) is 5.14. The summed E-state index contributed by atoms with van der Waals surface area (Å²) in [7, 11) is 4.90. The standard InChI is InChI=1S/C22H20N4O5S/c1-24-16-9-4-13(10-17(16)25(2)21(24)29)11-18-20(28)26(22(30)32-18)12-19(27)23-14-5-7-15(31-3)8-6-14/h4-11H,12H2,1-3H3,(H,23,27)/b18-11-. The minimum atomic E-state index is -0.535. The van der Waals surface area contributed by atoms with E-state index in [1.807, 2.05) is 0 Å². The van der Waals surface area contributed by atoms with E-state index in [2.05, 4.69) is 5.32 Å². The van der Waals surface area contributed by atoms with E-state index in [-0.39, 0.29) is 17.1 Å². The molecule has 3 aromatic rings. The van der Waals surface area contributed by atoms with Gasteiger partial charge in [0, 0.05) is 19.8 Å². The molecule has 0 aliphatic carbocycles. The number of rotatable bonds is 5. The van der Waals surface area contributed by atoms with Crippen molar-refractivity contribution in [3.63, 3.8) is 0 Å². The lowest BCUT2D eigenvalue weighted by Gasteiger charge is -2.12. The van der Waals surface area contributed by atoms with Gasteiger partial charge in [0.1, 0.15) is 12.3 Å². The van der Waals surface area contributed by atoms with Gasteiger partial charge in [-0.2, -0.15) is 0 Å². The minimum absolute atomic E-state index is 0.152. The highest BCUT2D eigenvalue weighted by molar-refractivity contribution is 8.18. The number of imide groups is 1. The molecule has 9 nitrogen and oxygen atoms in total. The number of anilines is 1. The Labute approximate surface area is 187 Å². The van der Waals surface area contributed by atoms with Crippen molar-refractivity contribution in [3.8, 4) is 5.75 Å². The van der Waals surface area contributed by atoms with Gasteiger partial charge < -0.3 is 10.1 Å². The number of fused-ring (bicyclic) bond motifs is 1. The highest BCUT2D eigenvalue weighted by Gasteiger charge is 2.36. The van der Waals surface area contributed by atoms with Gasteiger partial charge in [-0.3, -0.25) is 28.4 Å². The summed E-state index contributed by atoms with van der Waals surface area (Å²) >= 11 is 0.776. The number of imidazole rings is 1. The Morgan fingerprint density at radius 1 is 1.03 bits per heavy atom. The summed E-state index contributed by atoms with van der Waals surface area (Å²) in [4.78, 5) is 50.7. The molecule has 0 bridgehead atoms. The SMILES string of the molecule is COc1ccc(NC(=O)CN2C(=O)S/C(=C\c3ccc4c(c3)n(C)c(=O)n4C)C2=O)cc1. The highest BCUT2D eigenvalue weighted by atomic mass is 32.2. The molecule has 1 aliphatic heterocycles. The monoisotopic (exact) mass is 452 g/mol. The van der Waals surface area contributed by atoms with Crippen LogP contribution in [0.2, 0.25) is 0 Å². The summed E-state index contributed by atoms with van der Waals surface area (Å²) in [6, 6.07) is 12.0. The van der Waals surface area contributed by atoms with Crippen molar-refractivity contribution in [3.05, 3.63) is 63.4 Å². The molecule has 1 N–H and O–H groups in total. The third-order valence-corrected chi connectivity index (χ3v) is 6.05. The van der Waals surface area contributed by atoms with Crippen molar-refractivity contribution in [2.75, 3.05) is 19.0 Å². The van der Waals surface area contributed by atoms with Crippen LogP contribution in [0.15, 0.2) is 52.2 Å². The Morgan fingerprint density at radius 2 is 1.72 bits per heavy atom. The number of aromatic nitrogens is 2. The van der Waals surface area contributed by atoms with Gasteiger partial charge in [0.05, 0.1) is 23.0 Å². The number of hydrogen-bond donors (Lipinski definition) is 1. The van der Waals surface area contributed by atoms with Crippen LogP contribution in [0.3, 0.4) is 0 Å². The van der Waals surface area contributed by atoms with Gasteiger partial charge in [-0.05, 0) is 59.8 Å². The van der Waals surface area contributed by atoms with Crippen molar-refractivity contribution in [2.45, 2.75) is 0 Å². The first-order chi connectivity index (χ1) is 15.3. The van der Waals surface area contributed by atoms with E-state index in [9.17, 15) is 19.2 Å². The molecule has 0 atom stereocenters. The first kappa shape index (κ1) is 21.4. The summed E-state index contributed by atoms with van der Waals surface area (Å²) in [6.45, 7) is -0.389. The molecule has 0 unspecified atom stereocenters. The maximum atomic E-state index is 12.7. The van der Waals surface area contributed by atoms with E-state index in [0.29, 0.717) is 22.5 Å². The Morgan fingerprint density at radius 3 is 2.41 bits per heavy atom. The lowest BCUT2D eigenvalue weighted by molar-refractivity contribution is -0.127. The number of amides is 3. The maximum Gasteiger partial charge on any atom is 0.328 e. The molecule has 2 heterocycles. The van der Waals surface area contributed by atoms with Crippen LogP contribution >= 0.6 is 11.8 Å². The average Bonchev–Trinajstić information content (AvgIpc) is 3.16. The molecule has 10 heteroatoms. The summed E-state index contributed by atoms with van der Waals surface area (Å²) < 4.78 is 8.12. The molecule has 0 saturated carbocycles. The molecule has 1 aromatic heterocycles. The molecule has 1 saturated heterocycles. The molecule has 2 aromatic carbocycles. The highest BCUT2D eigenvalue weighted by Crippen LogP contribution is 2.32. The second-order valence-electron chi connectivity index (χ2n) is 7.19. The normalized spacial score (nSPS) is 15.1. The molecule has 1 aliphatic rings. The lowest BCUT2D eigenvalue weighted by atomic mass is 10.2. The number of carbonyl (C=O) groups is 3. The number of nitrogens with one attached hydrogen (secondary N) is 1. The van der Waals surface area contributed by atoms with Crippen molar-refractivity contribution in [1.29, 1.82) is 0 Å². The Balaban J connectivity index is 1.50. The van der Waals surface area contributed by atoms with E-state index >= 15 is 0 Å². The Bertz CT molecular complexity index is 1340.